The molecule has 2 amide bonds. The quantitative estimate of drug-likeness (QED) is 0.832. The van der Waals surface area contributed by atoms with E-state index in [4.69, 9.17) is 0 Å². The molecule has 0 unspecified atom stereocenters. The molecule has 0 saturated carbocycles. The summed E-state index contributed by atoms with van der Waals surface area (Å²) in [5.74, 6) is -3.09. The monoisotopic (exact) mass is 408 g/mol. The van der Waals surface area contributed by atoms with Crippen molar-refractivity contribution in [2.45, 2.75) is 51.7 Å². The molecule has 1 heterocycles. The van der Waals surface area contributed by atoms with Crippen LogP contribution < -0.4 is 5.32 Å². The number of carbonyl (C=O) groups excluding carboxylic acids is 3. The first kappa shape index (κ1) is 21.1. The number of carbonyl (C=O) groups is 3. The summed E-state index contributed by atoms with van der Waals surface area (Å²) in [5.41, 5.74) is -3.61. The molecule has 1 aliphatic carbocycles. The number of halogens is 3. The number of alkyl halides is 3. The molecular weight excluding hydrogens is 385 g/mol. The van der Waals surface area contributed by atoms with Crippen LogP contribution in [0, 0.1) is 5.41 Å². The normalized spacial score (nSPS) is 24.0. The Hall–Kier alpha value is -2.64. The molecule has 1 atom stereocenters. The van der Waals surface area contributed by atoms with Crippen molar-refractivity contribution in [2.24, 2.45) is 5.41 Å². The Morgan fingerprint density at radius 3 is 2.31 bits per heavy atom. The van der Waals surface area contributed by atoms with Gasteiger partial charge in [0.25, 0.3) is 5.91 Å². The first-order valence-corrected chi connectivity index (χ1v) is 9.37. The highest BCUT2D eigenvalue weighted by Gasteiger charge is 2.71. The molecule has 0 bridgehead atoms. The molecule has 29 heavy (non-hydrogen) atoms. The van der Waals surface area contributed by atoms with Crippen molar-refractivity contribution in [1.29, 1.82) is 0 Å². The SMILES string of the molecule is CC(=O)N[C@]1(C(F)(F)F)C(=O)N(CCc2ccccc2)C2=C1C(=O)CC(C)(C)C2. The second kappa shape index (κ2) is 7.00. The number of nitrogens with zero attached hydrogens (tertiary/aromatic N) is 1. The molecule has 1 aromatic rings. The molecule has 8 heteroatoms. The molecular formula is C21H23F3N2O3. The minimum atomic E-state index is -5.14. The summed E-state index contributed by atoms with van der Waals surface area (Å²) in [5, 5.41) is 1.80. The van der Waals surface area contributed by atoms with Gasteiger partial charge in [0.05, 0.1) is 5.57 Å². The van der Waals surface area contributed by atoms with E-state index in [1.807, 2.05) is 18.2 Å². The van der Waals surface area contributed by atoms with E-state index in [0.29, 0.717) is 6.42 Å². The van der Waals surface area contributed by atoms with Crippen LogP contribution in [0.1, 0.15) is 39.2 Å². The van der Waals surface area contributed by atoms with Crippen LogP contribution in [0.3, 0.4) is 0 Å². The second-order valence-electron chi connectivity index (χ2n) is 8.38. The van der Waals surface area contributed by atoms with E-state index in [1.54, 1.807) is 31.3 Å². The average molecular weight is 408 g/mol. The lowest BCUT2D eigenvalue weighted by molar-refractivity contribution is -0.194. The van der Waals surface area contributed by atoms with Crippen molar-refractivity contribution in [1.82, 2.24) is 10.2 Å². The van der Waals surface area contributed by atoms with Gasteiger partial charge in [-0.3, -0.25) is 14.4 Å². The summed E-state index contributed by atoms with van der Waals surface area (Å²) in [6.07, 6.45) is -4.80. The number of Topliss-reactive ketones (excluding diaryl/α,β-unsaturated/α-hetero) is 1. The van der Waals surface area contributed by atoms with Gasteiger partial charge in [0.2, 0.25) is 11.4 Å². The Morgan fingerprint density at radius 1 is 1.14 bits per heavy atom. The van der Waals surface area contributed by atoms with Crippen LogP contribution in [-0.4, -0.2) is 40.8 Å². The van der Waals surface area contributed by atoms with Gasteiger partial charge in [0.15, 0.2) is 5.78 Å². The maximum absolute atomic E-state index is 14.3. The molecule has 1 N–H and O–H groups in total. The molecule has 1 aliphatic heterocycles. The summed E-state index contributed by atoms with van der Waals surface area (Å²) >= 11 is 0. The topological polar surface area (TPSA) is 66.5 Å². The molecule has 0 spiro atoms. The Labute approximate surface area is 166 Å². The number of allylic oxidation sites excluding steroid dienone is 1. The largest absolute Gasteiger partial charge is 0.425 e. The third-order valence-corrected chi connectivity index (χ3v) is 5.37. The fourth-order valence-corrected chi connectivity index (χ4v) is 4.21. The van der Waals surface area contributed by atoms with Gasteiger partial charge in [-0.25, -0.2) is 0 Å². The molecule has 2 aliphatic rings. The van der Waals surface area contributed by atoms with E-state index in [-0.39, 0.29) is 25.1 Å². The van der Waals surface area contributed by atoms with Crippen LogP contribution in [0.5, 0.6) is 0 Å². The molecule has 0 fully saturated rings. The molecule has 0 aromatic heterocycles. The van der Waals surface area contributed by atoms with E-state index in [2.05, 4.69) is 0 Å². The smallest absolute Gasteiger partial charge is 0.331 e. The Morgan fingerprint density at radius 2 is 1.76 bits per heavy atom. The fourth-order valence-electron chi connectivity index (χ4n) is 4.21. The predicted octanol–water partition coefficient (Wildman–Crippen LogP) is 3.15. The first-order chi connectivity index (χ1) is 13.4. The highest BCUT2D eigenvalue weighted by Crippen LogP contribution is 2.51. The van der Waals surface area contributed by atoms with Crippen LogP contribution in [0.2, 0.25) is 0 Å². The van der Waals surface area contributed by atoms with Crippen molar-refractivity contribution in [3.05, 3.63) is 47.2 Å². The third-order valence-electron chi connectivity index (χ3n) is 5.37. The van der Waals surface area contributed by atoms with Crippen molar-refractivity contribution < 1.29 is 27.6 Å². The number of nitrogens with one attached hydrogen (secondary N) is 1. The zero-order chi connectivity index (χ0) is 21.6. The lowest BCUT2D eigenvalue weighted by Gasteiger charge is -2.35. The molecule has 5 nitrogen and oxygen atoms in total. The molecule has 0 radical (unpaired) electrons. The maximum Gasteiger partial charge on any atom is 0.425 e. The van der Waals surface area contributed by atoms with Gasteiger partial charge in [0.1, 0.15) is 0 Å². The van der Waals surface area contributed by atoms with Gasteiger partial charge < -0.3 is 10.2 Å². The summed E-state index contributed by atoms with van der Waals surface area (Å²) in [7, 11) is 0. The zero-order valence-corrected chi connectivity index (χ0v) is 16.5. The fraction of sp³-hybridized carbons (Fsp3) is 0.476. The number of hydrogen-bond donors (Lipinski definition) is 1. The summed E-state index contributed by atoms with van der Waals surface area (Å²) in [6.45, 7) is 4.45. The number of hydrogen-bond acceptors (Lipinski definition) is 3. The van der Waals surface area contributed by atoms with Crippen molar-refractivity contribution >= 4 is 17.6 Å². The number of benzene rings is 1. The van der Waals surface area contributed by atoms with E-state index in [9.17, 15) is 27.6 Å². The van der Waals surface area contributed by atoms with Crippen LogP contribution in [0.25, 0.3) is 0 Å². The van der Waals surface area contributed by atoms with E-state index in [1.165, 1.54) is 0 Å². The van der Waals surface area contributed by atoms with Crippen LogP contribution in [-0.2, 0) is 20.8 Å². The number of rotatable bonds is 4. The van der Waals surface area contributed by atoms with Crippen molar-refractivity contribution in [2.75, 3.05) is 6.54 Å². The van der Waals surface area contributed by atoms with Gasteiger partial charge in [-0.2, -0.15) is 13.2 Å². The highest BCUT2D eigenvalue weighted by molar-refractivity contribution is 6.13. The minimum Gasteiger partial charge on any atom is -0.331 e. The lowest BCUT2D eigenvalue weighted by Crippen LogP contribution is -2.66. The van der Waals surface area contributed by atoms with Crippen molar-refractivity contribution in [3.63, 3.8) is 0 Å². The summed E-state index contributed by atoms with van der Waals surface area (Å²) in [4.78, 5) is 38.7. The average Bonchev–Trinajstić information content (AvgIpc) is 2.81. The summed E-state index contributed by atoms with van der Waals surface area (Å²) in [6, 6.07) is 9.05. The van der Waals surface area contributed by atoms with E-state index < -0.39 is 40.3 Å². The zero-order valence-electron chi connectivity index (χ0n) is 16.5. The maximum atomic E-state index is 14.3. The van der Waals surface area contributed by atoms with E-state index in [0.717, 1.165) is 17.4 Å². The molecule has 156 valence electrons. The Balaban J connectivity index is 2.11. The standard InChI is InChI=1S/C21H23F3N2O3/c1-13(27)25-20(21(22,23)24)17-15(11-19(2,3)12-16(17)28)26(18(20)29)10-9-14-7-5-4-6-8-14/h4-8H,9-12H2,1-3H3,(H,25,27)/t20-/m0/s1. The van der Waals surface area contributed by atoms with Gasteiger partial charge in [-0.1, -0.05) is 44.2 Å². The second-order valence-corrected chi connectivity index (χ2v) is 8.38. The van der Waals surface area contributed by atoms with E-state index >= 15 is 0 Å². The van der Waals surface area contributed by atoms with Crippen LogP contribution in [0.4, 0.5) is 13.2 Å². The van der Waals surface area contributed by atoms with Gasteiger partial charge in [0, 0.05) is 25.6 Å². The molecule has 1 aromatic carbocycles. The van der Waals surface area contributed by atoms with Gasteiger partial charge >= 0.3 is 6.18 Å². The van der Waals surface area contributed by atoms with Gasteiger partial charge in [-0.05, 0) is 23.8 Å². The lowest BCUT2D eigenvalue weighted by atomic mass is 9.72. The Kier molecular flexibility index (Phi) is 5.09. The minimum absolute atomic E-state index is 0.0115. The van der Waals surface area contributed by atoms with Gasteiger partial charge in [-0.15, -0.1) is 0 Å². The Bertz CT molecular complexity index is 890. The van der Waals surface area contributed by atoms with Crippen molar-refractivity contribution in [3.8, 4) is 0 Å². The third kappa shape index (κ3) is 3.56. The number of ketones is 1. The summed E-state index contributed by atoms with van der Waals surface area (Å²) < 4.78 is 42.8. The molecule has 3 rings (SSSR count). The number of amides is 2. The predicted molar refractivity (Wildman–Crippen MR) is 99.5 cm³/mol. The first-order valence-electron chi connectivity index (χ1n) is 9.37. The van der Waals surface area contributed by atoms with Crippen LogP contribution in [0.15, 0.2) is 41.6 Å². The molecule has 0 saturated heterocycles. The van der Waals surface area contributed by atoms with Crippen LogP contribution >= 0.6 is 0 Å². The highest BCUT2D eigenvalue weighted by atomic mass is 19.4.